The summed E-state index contributed by atoms with van der Waals surface area (Å²) in [6.45, 7) is 1.85. The second-order valence-corrected chi connectivity index (χ2v) is 3.55. The van der Waals surface area contributed by atoms with Gasteiger partial charge in [0, 0.05) is 17.6 Å². The number of aryl methyl sites for hydroxylation is 1. The molecule has 68 valence electrons. The lowest BCUT2D eigenvalue weighted by Crippen LogP contribution is -2.22. The van der Waals surface area contributed by atoms with Crippen molar-refractivity contribution in [3.63, 3.8) is 0 Å². The lowest BCUT2D eigenvalue weighted by molar-refractivity contribution is 0.803. The molecule has 0 saturated heterocycles. The van der Waals surface area contributed by atoms with Gasteiger partial charge in [-0.05, 0) is 19.2 Å². The van der Waals surface area contributed by atoms with Gasteiger partial charge >= 0.3 is 0 Å². The summed E-state index contributed by atoms with van der Waals surface area (Å²) in [5, 5.41) is 8.77. The first-order valence-corrected chi connectivity index (χ1v) is 4.99. The van der Waals surface area contributed by atoms with Crippen LogP contribution in [0.3, 0.4) is 0 Å². The summed E-state index contributed by atoms with van der Waals surface area (Å²) in [5.41, 5.74) is 0.890. The molecule has 0 aromatic carbocycles. The Morgan fingerprint density at radius 2 is 2.23 bits per heavy atom. The molecule has 1 aromatic rings. The molecule has 0 amide bonds. The van der Waals surface area contributed by atoms with Gasteiger partial charge in [-0.15, -0.1) is 11.8 Å². The average molecular weight is 194 g/mol. The predicted octanol–water partition coefficient (Wildman–Crippen LogP) is 1.29. The fourth-order valence-electron chi connectivity index (χ4n) is 1.06. The van der Waals surface area contributed by atoms with Crippen LogP contribution in [-0.4, -0.2) is 10.8 Å². The molecule has 0 spiro atoms. The molecule has 0 radical (unpaired) electrons. The summed E-state index contributed by atoms with van der Waals surface area (Å²) < 4.78 is 1.48. The van der Waals surface area contributed by atoms with Gasteiger partial charge in [0.15, 0.2) is 0 Å². The molecule has 0 aliphatic heterocycles. The van der Waals surface area contributed by atoms with Crippen molar-refractivity contribution >= 4 is 11.8 Å². The highest BCUT2D eigenvalue weighted by molar-refractivity contribution is 7.98. The van der Waals surface area contributed by atoms with Crippen LogP contribution in [0, 0.1) is 18.3 Å². The second kappa shape index (κ2) is 3.67. The monoisotopic (exact) mass is 194 g/mol. The third kappa shape index (κ3) is 1.61. The minimum absolute atomic E-state index is 0.216. The van der Waals surface area contributed by atoms with Gasteiger partial charge in [-0.1, -0.05) is 0 Å². The Kier molecular flexibility index (Phi) is 2.79. The third-order valence-corrected chi connectivity index (χ3v) is 2.73. The molecule has 4 heteroatoms. The van der Waals surface area contributed by atoms with Gasteiger partial charge < -0.3 is 4.57 Å². The molecule has 0 bridgehead atoms. The normalized spacial score (nSPS) is 9.69. The summed E-state index contributed by atoms with van der Waals surface area (Å²) in [7, 11) is 1.67. The molecule has 0 unspecified atom stereocenters. The smallest absolute Gasteiger partial charge is 0.269 e. The van der Waals surface area contributed by atoms with Gasteiger partial charge in [0.05, 0.1) is 0 Å². The predicted molar refractivity (Wildman–Crippen MR) is 52.9 cm³/mol. The summed E-state index contributed by atoms with van der Waals surface area (Å²) in [6, 6.07) is 3.78. The highest BCUT2D eigenvalue weighted by Gasteiger charge is 2.08. The molecule has 0 saturated carbocycles. The Balaban J connectivity index is 3.61. The number of nitriles is 1. The lowest BCUT2D eigenvalue weighted by Gasteiger charge is -2.06. The zero-order chi connectivity index (χ0) is 10.0. The molecule has 1 heterocycles. The minimum atomic E-state index is -0.216. The first-order valence-electron chi connectivity index (χ1n) is 3.76. The highest BCUT2D eigenvalue weighted by atomic mass is 32.2. The molecule has 3 nitrogen and oxygen atoms in total. The van der Waals surface area contributed by atoms with E-state index in [-0.39, 0.29) is 11.1 Å². The van der Waals surface area contributed by atoms with E-state index in [1.807, 2.05) is 25.3 Å². The molecule has 13 heavy (non-hydrogen) atoms. The van der Waals surface area contributed by atoms with Gasteiger partial charge in [0.1, 0.15) is 11.6 Å². The van der Waals surface area contributed by atoms with E-state index in [1.165, 1.54) is 16.3 Å². The van der Waals surface area contributed by atoms with Crippen LogP contribution in [0.1, 0.15) is 11.3 Å². The third-order valence-electron chi connectivity index (χ3n) is 1.97. The average Bonchev–Trinajstić information content (AvgIpc) is 2.13. The second-order valence-electron chi connectivity index (χ2n) is 2.71. The van der Waals surface area contributed by atoms with E-state index in [0.29, 0.717) is 0 Å². The maximum atomic E-state index is 11.5. The molecule has 0 fully saturated rings. The number of pyridine rings is 1. The van der Waals surface area contributed by atoms with Crippen LogP contribution in [-0.2, 0) is 7.05 Å². The maximum Gasteiger partial charge on any atom is 0.269 e. The fraction of sp³-hybridized carbons (Fsp3) is 0.333. The zero-order valence-corrected chi connectivity index (χ0v) is 8.60. The van der Waals surface area contributed by atoms with Crippen LogP contribution in [0.2, 0.25) is 0 Å². The molecule has 0 aliphatic rings. The van der Waals surface area contributed by atoms with Gasteiger partial charge in [-0.25, -0.2) is 0 Å². The Morgan fingerprint density at radius 1 is 1.62 bits per heavy atom. The van der Waals surface area contributed by atoms with Gasteiger partial charge in [0.2, 0.25) is 0 Å². The summed E-state index contributed by atoms with van der Waals surface area (Å²) in [6.07, 6.45) is 1.86. The Hall–Kier alpha value is -1.21. The van der Waals surface area contributed by atoms with Crippen molar-refractivity contribution in [2.24, 2.45) is 7.05 Å². The number of hydrogen-bond donors (Lipinski definition) is 0. The maximum absolute atomic E-state index is 11.5. The van der Waals surface area contributed by atoms with Crippen LogP contribution in [0.5, 0.6) is 0 Å². The van der Waals surface area contributed by atoms with Crippen molar-refractivity contribution in [2.75, 3.05) is 6.26 Å². The van der Waals surface area contributed by atoms with E-state index in [1.54, 1.807) is 7.05 Å². The number of rotatable bonds is 1. The van der Waals surface area contributed by atoms with E-state index in [2.05, 4.69) is 0 Å². The first-order chi connectivity index (χ1) is 6.11. The van der Waals surface area contributed by atoms with E-state index >= 15 is 0 Å². The van der Waals surface area contributed by atoms with Gasteiger partial charge in [0.25, 0.3) is 5.56 Å². The van der Waals surface area contributed by atoms with Crippen molar-refractivity contribution < 1.29 is 0 Å². The van der Waals surface area contributed by atoms with Crippen molar-refractivity contribution in [1.82, 2.24) is 4.57 Å². The number of nitrogens with zero attached hydrogens (tertiary/aromatic N) is 2. The Bertz CT molecular complexity index is 428. The topological polar surface area (TPSA) is 45.8 Å². The molecular formula is C9H10N2OS. The fourth-order valence-corrected chi connectivity index (χ4v) is 1.68. The SMILES string of the molecule is CSc1cc(C)n(C)c(=O)c1C#N. The molecule has 1 rings (SSSR count). The van der Waals surface area contributed by atoms with E-state index in [9.17, 15) is 4.79 Å². The van der Waals surface area contributed by atoms with Crippen LogP contribution in [0.4, 0.5) is 0 Å². The van der Waals surface area contributed by atoms with Crippen molar-refractivity contribution in [2.45, 2.75) is 11.8 Å². The van der Waals surface area contributed by atoms with Gasteiger partial charge in [-0.2, -0.15) is 5.26 Å². The largest absolute Gasteiger partial charge is 0.315 e. The van der Waals surface area contributed by atoms with Crippen LogP contribution in [0.25, 0.3) is 0 Å². The van der Waals surface area contributed by atoms with Crippen LogP contribution < -0.4 is 5.56 Å². The number of hydrogen-bond acceptors (Lipinski definition) is 3. The van der Waals surface area contributed by atoms with Crippen molar-refractivity contribution in [1.29, 1.82) is 5.26 Å². The van der Waals surface area contributed by atoms with Crippen LogP contribution in [0.15, 0.2) is 15.8 Å². The molecule has 0 atom stereocenters. The highest BCUT2D eigenvalue weighted by Crippen LogP contribution is 2.17. The Morgan fingerprint density at radius 3 is 2.69 bits per heavy atom. The lowest BCUT2D eigenvalue weighted by atomic mass is 10.2. The Labute approximate surface area is 81.0 Å². The van der Waals surface area contributed by atoms with E-state index in [4.69, 9.17) is 5.26 Å². The summed E-state index contributed by atoms with van der Waals surface area (Å²) >= 11 is 1.42. The van der Waals surface area contributed by atoms with E-state index < -0.39 is 0 Å². The van der Waals surface area contributed by atoms with Crippen molar-refractivity contribution in [3.8, 4) is 6.07 Å². The zero-order valence-electron chi connectivity index (χ0n) is 7.79. The number of thioether (sulfide) groups is 1. The molecular weight excluding hydrogens is 184 g/mol. The van der Waals surface area contributed by atoms with Crippen molar-refractivity contribution in [3.05, 3.63) is 27.7 Å². The minimum Gasteiger partial charge on any atom is -0.315 e. The van der Waals surface area contributed by atoms with Gasteiger partial charge in [-0.3, -0.25) is 4.79 Å². The molecule has 1 aromatic heterocycles. The first kappa shape index (κ1) is 9.87. The molecule has 0 aliphatic carbocycles. The standard InChI is InChI=1S/C9H10N2OS/c1-6-4-8(13-3)7(5-10)9(12)11(6)2/h4H,1-3H3. The number of aromatic nitrogens is 1. The summed E-state index contributed by atoms with van der Waals surface area (Å²) in [5.74, 6) is 0. The summed E-state index contributed by atoms with van der Waals surface area (Å²) in [4.78, 5) is 12.3. The van der Waals surface area contributed by atoms with E-state index in [0.717, 1.165) is 10.6 Å². The molecule has 0 N–H and O–H groups in total. The quantitative estimate of drug-likeness (QED) is 0.633. The van der Waals surface area contributed by atoms with Crippen LogP contribution >= 0.6 is 11.8 Å².